The summed E-state index contributed by atoms with van der Waals surface area (Å²) in [5, 5.41) is 3.90. The van der Waals surface area contributed by atoms with Crippen molar-refractivity contribution in [2.75, 3.05) is 45.1 Å². The van der Waals surface area contributed by atoms with Crippen LogP contribution in [-0.4, -0.2) is 65.1 Å². The minimum atomic E-state index is -4.57. The molecule has 0 aromatic carbocycles. The Morgan fingerprint density at radius 2 is 1.70 bits per heavy atom. The molecule has 0 amide bonds. The van der Waals surface area contributed by atoms with Crippen LogP contribution >= 0.6 is 11.3 Å². The van der Waals surface area contributed by atoms with E-state index in [2.05, 4.69) is 46.0 Å². The second-order valence-electron chi connectivity index (χ2n) is 7.81. The Bertz CT molecular complexity index is 822. The van der Waals surface area contributed by atoms with Crippen LogP contribution in [0.5, 0.6) is 0 Å². The summed E-state index contributed by atoms with van der Waals surface area (Å²) in [4.78, 5) is 13.6. The number of piperazine rings is 1. The molecule has 150 valence electrons. The summed E-state index contributed by atoms with van der Waals surface area (Å²) < 4.78 is 39.7. The van der Waals surface area contributed by atoms with Crippen molar-refractivity contribution in [3.63, 3.8) is 0 Å². The molecule has 0 unspecified atom stereocenters. The van der Waals surface area contributed by atoms with Crippen LogP contribution < -0.4 is 5.32 Å². The standard InChI is InChI=1S/C18H26F3N5S/c1-11-12(2)27-15-13(11)14(23-16(24-15)18(19,20)21)22-10-17(3,4)26-8-6-25(5)7-9-26/h6-10H2,1-5H3,(H,22,23,24). The predicted molar refractivity (Wildman–Crippen MR) is 104 cm³/mol. The number of nitrogens with zero attached hydrogens (tertiary/aromatic N) is 4. The average Bonchev–Trinajstić information content (AvgIpc) is 2.87. The van der Waals surface area contributed by atoms with E-state index < -0.39 is 12.0 Å². The SMILES string of the molecule is Cc1sc2nc(C(F)(F)F)nc(NCC(C)(C)N3CCN(C)CC3)c2c1C. The van der Waals surface area contributed by atoms with Crippen molar-refractivity contribution in [1.82, 2.24) is 19.8 Å². The van der Waals surface area contributed by atoms with E-state index in [-0.39, 0.29) is 11.4 Å². The molecule has 3 heterocycles. The Morgan fingerprint density at radius 1 is 1.07 bits per heavy atom. The zero-order chi connectivity index (χ0) is 20.0. The van der Waals surface area contributed by atoms with E-state index in [1.165, 1.54) is 11.3 Å². The summed E-state index contributed by atoms with van der Waals surface area (Å²) in [6, 6.07) is 0. The summed E-state index contributed by atoms with van der Waals surface area (Å²) in [6.07, 6.45) is -4.57. The first-order chi connectivity index (χ1) is 12.5. The molecule has 0 aliphatic carbocycles. The lowest BCUT2D eigenvalue weighted by molar-refractivity contribution is -0.144. The van der Waals surface area contributed by atoms with Crippen molar-refractivity contribution in [3.8, 4) is 0 Å². The fraction of sp³-hybridized carbons (Fsp3) is 0.667. The maximum absolute atomic E-state index is 13.2. The highest BCUT2D eigenvalue weighted by molar-refractivity contribution is 7.18. The largest absolute Gasteiger partial charge is 0.451 e. The molecule has 0 saturated carbocycles. The quantitative estimate of drug-likeness (QED) is 0.845. The predicted octanol–water partition coefficient (Wildman–Crippen LogP) is 3.76. The third kappa shape index (κ3) is 4.20. The minimum Gasteiger partial charge on any atom is -0.368 e. The van der Waals surface area contributed by atoms with Gasteiger partial charge in [-0.2, -0.15) is 13.2 Å². The van der Waals surface area contributed by atoms with Gasteiger partial charge >= 0.3 is 6.18 Å². The smallest absolute Gasteiger partial charge is 0.368 e. The first-order valence-corrected chi connectivity index (χ1v) is 9.83. The van der Waals surface area contributed by atoms with Crippen LogP contribution in [0.4, 0.5) is 19.0 Å². The summed E-state index contributed by atoms with van der Waals surface area (Å²) >= 11 is 1.28. The number of likely N-dealkylation sites (N-methyl/N-ethyl adjacent to an activating group) is 1. The lowest BCUT2D eigenvalue weighted by Gasteiger charge is -2.43. The van der Waals surface area contributed by atoms with Crippen molar-refractivity contribution in [1.29, 1.82) is 0 Å². The molecule has 1 saturated heterocycles. The molecule has 1 aliphatic heterocycles. The third-order valence-electron chi connectivity index (χ3n) is 5.33. The maximum atomic E-state index is 13.2. The number of hydrogen-bond donors (Lipinski definition) is 1. The number of fused-ring (bicyclic) bond motifs is 1. The molecular formula is C18H26F3N5S. The van der Waals surface area contributed by atoms with Gasteiger partial charge in [-0.1, -0.05) is 0 Å². The zero-order valence-corrected chi connectivity index (χ0v) is 17.2. The molecular weight excluding hydrogens is 375 g/mol. The van der Waals surface area contributed by atoms with E-state index in [4.69, 9.17) is 0 Å². The molecule has 5 nitrogen and oxygen atoms in total. The molecule has 9 heteroatoms. The summed E-state index contributed by atoms with van der Waals surface area (Å²) in [5.41, 5.74) is 0.735. The number of rotatable bonds is 4. The number of nitrogens with one attached hydrogen (secondary N) is 1. The van der Waals surface area contributed by atoms with Crippen molar-refractivity contribution in [3.05, 3.63) is 16.3 Å². The van der Waals surface area contributed by atoms with E-state index in [0.29, 0.717) is 16.8 Å². The fourth-order valence-electron chi connectivity index (χ4n) is 3.33. The molecule has 0 atom stereocenters. The topological polar surface area (TPSA) is 44.3 Å². The molecule has 1 aliphatic rings. The molecule has 0 spiro atoms. The van der Waals surface area contributed by atoms with Gasteiger partial charge in [0, 0.05) is 43.1 Å². The van der Waals surface area contributed by atoms with Crippen LogP contribution in [0.15, 0.2) is 0 Å². The van der Waals surface area contributed by atoms with Gasteiger partial charge in [-0.15, -0.1) is 11.3 Å². The van der Waals surface area contributed by atoms with Crippen LogP contribution in [0.3, 0.4) is 0 Å². The Labute approximate surface area is 161 Å². The molecule has 0 radical (unpaired) electrons. The number of aromatic nitrogens is 2. The lowest BCUT2D eigenvalue weighted by atomic mass is 10.0. The minimum absolute atomic E-state index is 0.199. The van der Waals surface area contributed by atoms with Gasteiger partial charge in [0.25, 0.3) is 0 Å². The van der Waals surface area contributed by atoms with Gasteiger partial charge in [0.15, 0.2) is 0 Å². The maximum Gasteiger partial charge on any atom is 0.451 e. The molecule has 3 rings (SSSR count). The highest BCUT2D eigenvalue weighted by Gasteiger charge is 2.36. The number of aryl methyl sites for hydroxylation is 2. The first kappa shape index (κ1) is 20.3. The van der Waals surface area contributed by atoms with Gasteiger partial charge in [0.1, 0.15) is 10.6 Å². The Balaban J connectivity index is 1.89. The Hall–Kier alpha value is -1.45. The molecule has 27 heavy (non-hydrogen) atoms. The summed E-state index contributed by atoms with van der Waals surface area (Å²) in [7, 11) is 2.10. The van der Waals surface area contributed by atoms with Crippen LogP contribution in [0.1, 0.15) is 30.1 Å². The highest BCUT2D eigenvalue weighted by Crippen LogP contribution is 2.37. The van der Waals surface area contributed by atoms with Crippen LogP contribution in [0, 0.1) is 13.8 Å². The monoisotopic (exact) mass is 401 g/mol. The normalized spacial score (nSPS) is 17.6. The Kier molecular flexibility index (Phi) is 5.39. The third-order valence-corrected chi connectivity index (χ3v) is 6.43. The second kappa shape index (κ2) is 7.18. The highest BCUT2D eigenvalue weighted by atomic mass is 32.1. The molecule has 1 fully saturated rings. The van der Waals surface area contributed by atoms with Crippen molar-refractivity contribution in [2.24, 2.45) is 0 Å². The number of alkyl halides is 3. The number of halogens is 3. The lowest BCUT2D eigenvalue weighted by Crippen LogP contribution is -2.56. The summed E-state index contributed by atoms with van der Waals surface area (Å²) in [5.74, 6) is -0.812. The zero-order valence-electron chi connectivity index (χ0n) is 16.4. The number of anilines is 1. The first-order valence-electron chi connectivity index (χ1n) is 9.01. The van der Waals surface area contributed by atoms with Crippen LogP contribution in [0.25, 0.3) is 10.2 Å². The molecule has 2 aromatic rings. The van der Waals surface area contributed by atoms with Gasteiger partial charge in [-0.05, 0) is 40.3 Å². The van der Waals surface area contributed by atoms with Gasteiger partial charge < -0.3 is 10.2 Å². The van der Waals surface area contributed by atoms with E-state index in [9.17, 15) is 13.2 Å². The van der Waals surface area contributed by atoms with Gasteiger partial charge in [0.2, 0.25) is 5.82 Å². The van der Waals surface area contributed by atoms with E-state index >= 15 is 0 Å². The molecule has 1 N–H and O–H groups in total. The molecule has 0 bridgehead atoms. The van der Waals surface area contributed by atoms with Crippen LogP contribution in [-0.2, 0) is 6.18 Å². The van der Waals surface area contributed by atoms with Gasteiger partial charge in [-0.3, -0.25) is 4.90 Å². The van der Waals surface area contributed by atoms with Crippen molar-refractivity contribution >= 4 is 27.4 Å². The second-order valence-corrected chi connectivity index (χ2v) is 9.02. The van der Waals surface area contributed by atoms with E-state index in [1.54, 1.807) is 0 Å². The Morgan fingerprint density at radius 3 is 2.30 bits per heavy atom. The average molecular weight is 402 g/mol. The van der Waals surface area contributed by atoms with Crippen LogP contribution in [0.2, 0.25) is 0 Å². The number of thiophene rings is 1. The molecule has 2 aromatic heterocycles. The van der Waals surface area contributed by atoms with Crippen molar-refractivity contribution < 1.29 is 13.2 Å². The summed E-state index contributed by atoms with van der Waals surface area (Å²) in [6.45, 7) is 12.4. The van der Waals surface area contributed by atoms with Crippen molar-refractivity contribution in [2.45, 2.75) is 39.4 Å². The fourth-order valence-corrected chi connectivity index (χ4v) is 4.36. The van der Waals surface area contributed by atoms with E-state index in [1.807, 2.05) is 13.8 Å². The van der Waals surface area contributed by atoms with Gasteiger partial charge in [0.05, 0.1) is 5.39 Å². The van der Waals surface area contributed by atoms with E-state index in [0.717, 1.165) is 36.6 Å². The van der Waals surface area contributed by atoms with Gasteiger partial charge in [-0.25, -0.2) is 9.97 Å². The number of hydrogen-bond acceptors (Lipinski definition) is 6.